The number of piperidine rings is 1. The summed E-state index contributed by atoms with van der Waals surface area (Å²) in [6, 6.07) is -0.174. The summed E-state index contributed by atoms with van der Waals surface area (Å²) >= 11 is 0. The molecular formula is C15H26N2O4. The predicted molar refractivity (Wildman–Crippen MR) is 77.9 cm³/mol. The van der Waals surface area contributed by atoms with Gasteiger partial charge in [-0.1, -0.05) is 12.8 Å². The number of nitrogens with one attached hydrogen (secondary N) is 1. The number of carbonyl (C=O) groups excluding carboxylic acids is 1. The van der Waals surface area contributed by atoms with E-state index in [0.29, 0.717) is 25.9 Å². The number of aliphatic carboxylic acids is 1. The van der Waals surface area contributed by atoms with Gasteiger partial charge in [-0.15, -0.1) is 0 Å². The molecule has 0 aromatic heterocycles. The number of urea groups is 1. The minimum Gasteiger partial charge on any atom is -0.481 e. The molecule has 2 amide bonds. The number of carboxylic acid groups (broad SMARTS) is 1. The molecule has 2 aliphatic rings. The van der Waals surface area contributed by atoms with Crippen molar-refractivity contribution in [2.75, 3.05) is 19.6 Å². The average molecular weight is 298 g/mol. The third kappa shape index (κ3) is 3.67. The van der Waals surface area contributed by atoms with Gasteiger partial charge in [0.15, 0.2) is 0 Å². The molecular weight excluding hydrogens is 272 g/mol. The quantitative estimate of drug-likeness (QED) is 0.732. The van der Waals surface area contributed by atoms with Gasteiger partial charge in [0.1, 0.15) is 0 Å². The highest BCUT2D eigenvalue weighted by Gasteiger charge is 2.41. The van der Waals surface area contributed by atoms with Crippen molar-refractivity contribution in [2.45, 2.75) is 51.6 Å². The number of aliphatic hydroxyl groups excluding tert-OH is 1. The summed E-state index contributed by atoms with van der Waals surface area (Å²) in [6.45, 7) is 3.26. The lowest BCUT2D eigenvalue weighted by atomic mass is 9.86. The van der Waals surface area contributed by atoms with E-state index in [9.17, 15) is 19.8 Å². The first-order valence-corrected chi connectivity index (χ1v) is 7.89. The maximum Gasteiger partial charge on any atom is 0.317 e. The van der Waals surface area contributed by atoms with Crippen molar-refractivity contribution in [3.05, 3.63) is 0 Å². The van der Waals surface area contributed by atoms with Crippen LogP contribution >= 0.6 is 0 Å². The molecule has 21 heavy (non-hydrogen) atoms. The Kier molecular flexibility index (Phi) is 5.08. The van der Waals surface area contributed by atoms with E-state index in [1.165, 1.54) is 0 Å². The zero-order valence-electron chi connectivity index (χ0n) is 12.7. The Labute approximate surface area is 125 Å². The molecule has 1 saturated heterocycles. The first-order chi connectivity index (χ1) is 9.94. The second-order valence-corrected chi connectivity index (χ2v) is 6.52. The fraction of sp³-hybridized carbons (Fsp3) is 0.867. The Morgan fingerprint density at radius 1 is 1.29 bits per heavy atom. The Hall–Kier alpha value is -1.30. The molecule has 0 aromatic carbocycles. The number of carbonyl (C=O) groups is 2. The first kappa shape index (κ1) is 16.1. The molecule has 0 aromatic rings. The third-order valence-electron chi connectivity index (χ3n) is 5.10. The van der Waals surface area contributed by atoms with E-state index in [-0.39, 0.29) is 24.6 Å². The molecule has 1 saturated carbocycles. The molecule has 0 radical (unpaired) electrons. The largest absolute Gasteiger partial charge is 0.481 e. The number of carboxylic acids is 1. The van der Waals surface area contributed by atoms with Crippen molar-refractivity contribution in [1.82, 2.24) is 10.2 Å². The summed E-state index contributed by atoms with van der Waals surface area (Å²) in [7, 11) is 0. The molecule has 0 spiro atoms. The summed E-state index contributed by atoms with van der Waals surface area (Å²) in [5.74, 6) is -0.539. The number of likely N-dealkylation sites (tertiary alicyclic amines) is 1. The van der Waals surface area contributed by atoms with Crippen molar-refractivity contribution in [3.8, 4) is 0 Å². The van der Waals surface area contributed by atoms with Crippen LogP contribution < -0.4 is 5.32 Å². The van der Waals surface area contributed by atoms with Gasteiger partial charge in [-0.05, 0) is 38.5 Å². The van der Waals surface area contributed by atoms with Crippen LogP contribution in [0.1, 0.15) is 45.4 Å². The van der Waals surface area contributed by atoms with E-state index < -0.39 is 11.4 Å². The molecule has 1 unspecified atom stereocenters. The number of nitrogens with zero attached hydrogens (tertiary/aromatic N) is 1. The molecule has 2 rings (SSSR count). The lowest BCUT2D eigenvalue weighted by molar-refractivity contribution is -0.148. The van der Waals surface area contributed by atoms with E-state index in [2.05, 4.69) is 5.32 Å². The molecule has 1 atom stereocenters. The van der Waals surface area contributed by atoms with Crippen LogP contribution in [-0.4, -0.2) is 52.9 Å². The summed E-state index contributed by atoms with van der Waals surface area (Å²) in [5.41, 5.74) is -0.770. The normalized spacial score (nSPS) is 23.8. The monoisotopic (exact) mass is 298 g/mol. The molecule has 6 nitrogen and oxygen atoms in total. The highest BCUT2D eigenvalue weighted by atomic mass is 16.4. The summed E-state index contributed by atoms with van der Waals surface area (Å²) in [4.78, 5) is 25.3. The van der Waals surface area contributed by atoms with E-state index in [4.69, 9.17) is 0 Å². The fourth-order valence-corrected chi connectivity index (χ4v) is 3.46. The van der Waals surface area contributed by atoms with Crippen LogP contribution in [0.5, 0.6) is 0 Å². The van der Waals surface area contributed by atoms with Crippen LogP contribution in [0.25, 0.3) is 0 Å². The summed E-state index contributed by atoms with van der Waals surface area (Å²) < 4.78 is 0. The van der Waals surface area contributed by atoms with Crippen LogP contribution in [0.4, 0.5) is 4.79 Å². The minimum atomic E-state index is -0.798. The highest BCUT2D eigenvalue weighted by Crippen LogP contribution is 2.37. The lowest BCUT2D eigenvalue weighted by Crippen LogP contribution is -2.49. The smallest absolute Gasteiger partial charge is 0.317 e. The van der Waals surface area contributed by atoms with Gasteiger partial charge in [0.05, 0.1) is 11.5 Å². The van der Waals surface area contributed by atoms with Crippen LogP contribution in [0.3, 0.4) is 0 Å². The number of hydrogen-bond donors (Lipinski definition) is 3. The number of rotatable bonds is 4. The van der Waals surface area contributed by atoms with Gasteiger partial charge >= 0.3 is 12.0 Å². The topological polar surface area (TPSA) is 89.9 Å². The Balaban J connectivity index is 1.81. The first-order valence-electron chi connectivity index (χ1n) is 7.89. The molecule has 1 heterocycles. The summed E-state index contributed by atoms with van der Waals surface area (Å²) in [6.07, 6.45) is 4.40. The number of hydrogen-bond acceptors (Lipinski definition) is 3. The molecule has 1 aliphatic carbocycles. The van der Waals surface area contributed by atoms with Crippen LogP contribution in [-0.2, 0) is 4.79 Å². The SMILES string of the molecule is CC(O)C1CCN(C(=O)NCC2(C(=O)O)CCCC2)CC1. The predicted octanol–water partition coefficient (Wildman–Crippen LogP) is 1.43. The zero-order chi connectivity index (χ0) is 15.5. The molecule has 2 fully saturated rings. The second kappa shape index (κ2) is 6.64. The van der Waals surface area contributed by atoms with Gasteiger partial charge in [-0.2, -0.15) is 0 Å². The summed E-state index contributed by atoms with van der Waals surface area (Å²) in [5, 5.41) is 21.8. The van der Waals surface area contributed by atoms with E-state index >= 15 is 0 Å². The molecule has 0 bridgehead atoms. The Morgan fingerprint density at radius 2 is 1.86 bits per heavy atom. The molecule has 1 aliphatic heterocycles. The van der Waals surface area contributed by atoms with Crippen molar-refractivity contribution in [3.63, 3.8) is 0 Å². The van der Waals surface area contributed by atoms with Gasteiger partial charge in [0, 0.05) is 19.6 Å². The lowest BCUT2D eigenvalue weighted by Gasteiger charge is -2.34. The van der Waals surface area contributed by atoms with E-state index in [0.717, 1.165) is 25.7 Å². The maximum atomic E-state index is 12.2. The van der Waals surface area contributed by atoms with Crippen molar-refractivity contribution >= 4 is 12.0 Å². The standard InChI is InChI=1S/C15H26N2O4/c1-11(18)12-4-8-17(9-5-12)14(21)16-10-15(13(19)20)6-2-3-7-15/h11-12,18H,2-10H2,1H3,(H,16,21)(H,19,20). The minimum absolute atomic E-state index is 0.174. The Bertz CT molecular complexity index is 383. The highest BCUT2D eigenvalue weighted by molar-refractivity contribution is 5.78. The second-order valence-electron chi connectivity index (χ2n) is 6.52. The zero-order valence-corrected chi connectivity index (χ0v) is 12.7. The van der Waals surface area contributed by atoms with Crippen molar-refractivity contribution < 1.29 is 19.8 Å². The van der Waals surface area contributed by atoms with Gasteiger partial charge in [-0.25, -0.2) is 4.79 Å². The Morgan fingerprint density at radius 3 is 2.33 bits per heavy atom. The van der Waals surface area contributed by atoms with E-state index in [1.807, 2.05) is 0 Å². The third-order valence-corrected chi connectivity index (χ3v) is 5.10. The van der Waals surface area contributed by atoms with Crippen LogP contribution in [0, 0.1) is 11.3 Å². The van der Waals surface area contributed by atoms with Crippen molar-refractivity contribution in [2.24, 2.45) is 11.3 Å². The van der Waals surface area contributed by atoms with Crippen LogP contribution in [0.15, 0.2) is 0 Å². The van der Waals surface area contributed by atoms with Gasteiger partial charge in [0.2, 0.25) is 0 Å². The number of amides is 2. The average Bonchev–Trinajstić information content (AvgIpc) is 2.95. The number of aliphatic hydroxyl groups is 1. The van der Waals surface area contributed by atoms with Crippen LogP contribution in [0.2, 0.25) is 0 Å². The van der Waals surface area contributed by atoms with Crippen molar-refractivity contribution in [1.29, 1.82) is 0 Å². The van der Waals surface area contributed by atoms with Gasteiger partial charge in [-0.3, -0.25) is 4.79 Å². The van der Waals surface area contributed by atoms with Gasteiger partial charge < -0.3 is 20.4 Å². The molecule has 120 valence electrons. The van der Waals surface area contributed by atoms with Gasteiger partial charge in [0.25, 0.3) is 0 Å². The molecule has 3 N–H and O–H groups in total. The van der Waals surface area contributed by atoms with E-state index in [1.54, 1.807) is 11.8 Å². The maximum absolute atomic E-state index is 12.2. The fourth-order valence-electron chi connectivity index (χ4n) is 3.46. The molecule has 6 heteroatoms.